The van der Waals surface area contributed by atoms with Crippen molar-refractivity contribution in [1.82, 2.24) is 0 Å². The Labute approximate surface area is 375 Å². The third kappa shape index (κ3) is 31.9. The van der Waals surface area contributed by atoms with Crippen LogP contribution in [0, 0.1) is 0 Å². The van der Waals surface area contributed by atoms with Crippen molar-refractivity contribution in [3.8, 4) is 0 Å². The van der Waals surface area contributed by atoms with Gasteiger partial charge in [-0.05, 0) is 70.6 Å². The van der Waals surface area contributed by atoms with Crippen molar-refractivity contribution < 1.29 is 53.8 Å². The number of ether oxygens (including phenoxy) is 4. The lowest BCUT2D eigenvalue weighted by Gasteiger charge is -2.38. The second kappa shape index (κ2) is 40.9. The number of hydrogen-bond donors (Lipinski definition) is 4. The number of aliphatic hydroxyl groups excluding tert-OH is 3. The number of carboxylic acids is 1. The molecule has 0 radical (unpaired) electrons. The molecule has 1 aliphatic heterocycles. The molecule has 0 spiro atoms. The van der Waals surface area contributed by atoms with Crippen LogP contribution in [-0.2, 0) is 33.3 Å². The molecule has 11 nitrogen and oxygen atoms in total. The number of aliphatic hydroxyl groups is 3. The van der Waals surface area contributed by atoms with E-state index in [1.165, 1.54) is 89.9 Å². The molecule has 0 aromatic carbocycles. The van der Waals surface area contributed by atoms with Crippen LogP contribution in [0.4, 0.5) is 0 Å². The van der Waals surface area contributed by atoms with Crippen LogP contribution in [0.25, 0.3) is 0 Å². The first-order valence-electron chi connectivity index (χ1n) is 24.7. The number of rotatable bonds is 41. The Kier molecular flexibility index (Phi) is 37.7. The number of allylic oxidation sites excluding steroid dienone is 8. The fourth-order valence-corrected chi connectivity index (χ4v) is 7.24. The second-order valence-electron chi connectivity index (χ2n) is 16.9. The van der Waals surface area contributed by atoms with Gasteiger partial charge in [-0.15, -0.1) is 0 Å². The first kappa shape index (κ1) is 57.2. The molecule has 0 aromatic rings. The maximum absolute atomic E-state index is 12.8. The van der Waals surface area contributed by atoms with Crippen LogP contribution in [0.3, 0.4) is 0 Å². The molecule has 4 N–H and O–H groups in total. The third-order valence-corrected chi connectivity index (χ3v) is 11.1. The number of carbonyl (C=O) groups excluding carboxylic acids is 2. The Hall–Kier alpha value is -2.83. The molecule has 1 heterocycles. The number of aliphatic carboxylic acids is 1. The zero-order chi connectivity index (χ0) is 45.3. The molecule has 0 bridgehead atoms. The van der Waals surface area contributed by atoms with E-state index in [1.807, 2.05) is 0 Å². The van der Waals surface area contributed by atoms with Crippen molar-refractivity contribution in [3.05, 3.63) is 48.6 Å². The average Bonchev–Trinajstić information content (AvgIpc) is 3.26. The largest absolute Gasteiger partial charge is 0.479 e. The molecule has 0 aliphatic carbocycles. The Morgan fingerprint density at radius 3 is 1.40 bits per heavy atom. The lowest BCUT2D eigenvalue weighted by Crippen LogP contribution is -2.60. The summed E-state index contributed by atoms with van der Waals surface area (Å²) in [5.41, 5.74) is 0. The van der Waals surface area contributed by atoms with E-state index in [0.29, 0.717) is 12.8 Å². The fraction of sp³-hybridized carbons (Fsp3) is 0.784. The number of carboxylic acid groups (broad SMARTS) is 1. The van der Waals surface area contributed by atoms with Crippen molar-refractivity contribution in [1.29, 1.82) is 0 Å². The smallest absolute Gasteiger partial charge is 0.335 e. The highest BCUT2D eigenvalue weighted by Gasteiger charge is 2.47. The molecule has 1 rings (SSSR count). The Balaban J connectivity index is 2.28. The van der Waals surface area contributed by atoms with Gasteiger partial charge < -0.3 is 39.4 Å². The molecule has 0 saturated carbocycles. The van der Waals surface area contributed by atoms with Crippen LogP contribution in [-0.4, -0.2) is 88.4 Å². The maximum atomic E-state index is 12.8. The van der Waals surface area contributed by atoms with Gasteiger partial charge in [0.05, 0.1) is 6.61 Å². The van der Waals surface area contributed by atoms with E-state index in [-0.39, 0.29) is 19.4 Å². The minimum absolute atomic E-state index is 0.165. The van der Waals surface area contributed by atoms with Crippen LogP contribution >= 0.6 is 0 Å². The molecule has 11 heteroatoms. The van der Waals surface area contributed by atoms with Gasteiger partial charge in [-0.3, -0.25) is 9.59 Å². The summed E-state index contributed by atoms with van der Waals surface area (Å²) in [6.07, 6.45) is 40.2. The van der Waals surface area contributed by atoms with E-state index in [2.05, 4.69) is 62.5 Å². The second-order valence-corrected chi connectivity index (χ2v) is 16.9. The number of unbranched alkanes of at least 4 members (excludes halogenated alkanes) is 22. The minimum Gasteiger partial charge on any atom is -0.479 e. The van der Waals surface area contributed by atoms with Crippen molar-refractivity contribution in [3.63, 3.8) is 0 Å². The molecule has 6 unspecified atom stereocenters. The molecular weight excluding hydrogens is 789 g/mol. The van der Waals surface area contributed by atoms with E-state index in [9.17, 15) is 34.8 Å². The summed E-state index contributed by atoms with van der Waals surface area (Å²) in [6.45, 7) is 3.73. The van der Waals surface area contributed by atoms with Crippen molar-refractivity contribution in [2.24, 2.45) is 0 Å². The van der Waals surface area contributed by atoms with Crippen LogP contribution < -0.4 is 0 Å². The lowest BCUT2D eigenvalue weighted by atomic mass is 9.99. The molecule has 1 saturated heterocycles. The average molecular weight is 877 g/mol. The first-order valence-corrected chi connectivity index (χ1v) is 24.7. The summed E-state index contributed by atoms with van der Waals surface area (Å²) < 4.78 is 21.8. The molecule has 6 atom stereocenters. The van der Waals surface area contributed by atoms with Gasteiger partial charge in [-0.1, -0.05) is 172 Å². The summed E-state index contributed by atoms with van der Waals surface area (Å²) in [4.78, 5) is 36.9. The molecule has 1 fully saturated rings. The summed E-state index contributed by atoms with van der Waals surface area (Å²) in [7, 11) is 0. The van der Waals surface area contributed by atoms with Crippen LogP contribution in [0.1, 0.15) is 206 Å². The topological polar surface area (TPSA) is 169 Å². The van der Waals surface area contributed by atoms with E-state index in [0.717, 1.165) is 77.0 Å². The Morgan fingerprint density at radius 2 is 0.935 bits per heavy atom. The Bertz CT molecular complexity index is 1210. The van der Waals surface area contributed by atoms with E-state index >= 15 is 0 Å². The normalized spacial score (nSPS) is 19.9. The summed E-state index contributed by atoms with van der Waals surface area (Å²) >= 11 is 0. The third-order valence-electron chi connectivity index (χ3n) is 11.1. The minimum atomic E-state index is -1.86. The SMILES string of the molecule is CCC/C=C\C/C=C\CCCCCCCC(=O)OC(COC(=O)CCCCCCCCCCCCC/C=C\C/C=C\CCCCCCC)COC1OC(C(=O)O)C(O)C(O)C1O. The van der Waals surface area contributed by atoms with Gasteiger partial charge in [0.15, 0.2) is 18.5 Å². The predicted molar refractivity (Wildman–Crippen MR) is 248 cm³/mol. The quantitative estimate of drug-likeness (QED) is 0.0262. The molecule has 0 aromatic heterocycles. The number of esters is 2. The van der Waals surface area contributed by atoms with Gasteiger partial charge in [0.25, 0.3) is 0 Å². The summed E-state index contributed by atoms with van der Waals surface area (Å²) in [6, 6.07) is 0. The Morgan fingerprint density at radius 1 is 0.500 bits per heavy atom. The highest BCUT2D eigenvalue weighted by Crippen LogP contribution is 2.23. The van der Waals surface area contributed by atoms with Gasteiger partial charge in [0, 0.05) is 12.8 Å². The molecular formula is C51H88O11. The van der Waals surface area contributed by atoms with Gasteiger partial charge in [-0.2, -0.15) is 0 Å². The zero-order valence-electron chi connectivity index (χ0n) is 38.9. The fourth-order valence-electron chi connectivity index (χ4n) is 7.24. The van der Waals surface area contributed by atoms with Crippen LogP contribution in [0.2, 0.25) is 0 Å². The van der Waals surface area contributed by atoms with Crippen molar-refractivity contribution in [2.75, 3.05) is 13.2 Å². The monoisotopic (exact) mass is 877 g/mol. The molecule has 358 valence electrons. The van der Waals surface area contributed by atoms with Crippen molar-refractivity contribution in [2.45, 2.75) is 243 Å². The molecule has 62 heavy (non-hydrogen) atoms. The van der Waals surface area contributed by atoms with Gasteiger partial charge >= 0.3 is 17.9 Å². The maximum Gasteiger partial charge on any atom is 0.335 e. The standard InChI is InChI=1S/C51H88O11/c1-3-5-7-9-11-13-15-17-18-19-20-21-22-23-24-25-26-28-29-31-33-35-37-39-44(52)59-41-43(42-60-51-48(56)46(54)47(55)49(62-51)50(57)58)61-45(53)40-38-36-34-32-30-27-16-14-12-10-8-6-4-2/h8,10,14-17,19-20,43,46-49,51,54-56H,3-7,9,11-13,18,21-42H2,1-2H3,(H,57,58)/b10-8-,16-14-,17-15-,20-19-. The number of carbonyl (C=O) groups is 3. The lowest BCUT2D eigenvalue weighted by molar-refractivity contribution is -0.298. The van der Waals surface area contributed by atoms with Crippen molar-refractivity contribution >= 4 is 17.9 Å². The summed E-state index contributed by atoms with van der Waals surface area (Å²) in [5, 5.41) is 39.9. The number of hydrogen-bond acceptors (Lipinski definition) is 10. The highest BCUT2D eigenvalue weighted by molar-refractivity contribution is 5.73. The predicted octanol–water partition coefficient (Wildman–Crippen LogP) is 11.3. The zero-order valence-corrected chi connectivity index (χ0v) is 38.9. The van der Waals surface area contributed by atoms with E-state index in [4.69, 9.17) is 18.9 Å². The van der Waals surface area contributed by atoms with Gasteiger partial charge in [0.2, 0.25) is 0 Å². The molecule has 0 amide bonds. The first-order chi connectivity index (χ1) is 30.2. The summed E-state index contributed by atoms with van der Waals surface area (Å²) in [5.74, 6) is -2.46. The van der Waals surface area contributed by atoms with E-state index < -0.39 is 61.3 Å². The van der Waals surface area contributed by atoms with Gasteiger partial charge in [-0.25, -0.2) is 4.79 Å². The molecule has 1 aliphatic rings. The highest BCUT2D eigenvalue weighted by atomic mass is 16.7. The van der Waals surface area contributed by atoms with Crippen LogP contribution in [0.15, 0.2) is 48.6 Å². The van der Waals surface area contributed by atoms with Gasteiger partial charge in [0.1, 0.15) is 24.9 Å². The van der Waals surface area contributed by atoms with E-state index in [1.54, 1.807) is 0 Å². The van der Waals surface area contributed by atoms with Crippen LogP contribution in [0.5, 0.6) is 0 Å².